The molecule has 0 fully saturated rings. The number of hydrogen-bond donors (Lipinski definition) is 1. The zero-order valence-electron chi connectivity index (χ0n) is 6.08. The number of nitrogens with zero attached hydrogens (tertiary/aromatic N) is 1. The van der Waals surface area contributed by atoms with Crippen molar-refractivity contribution in [2.45, 2.75) is 18.6 Å². The molecule has 0 aliphatic carbocycles. The molecule has 0 atom stereocenters. The molecule has 0 rings (SSSR count). The zero-order valence-corrected chi connectivity index (χ0v) is 8.41. The standard InChI is InChI=1S/C4H9Cl2NO3S.Na.H/c1-4(2,3-7(5)6)11(8,9)10;;/h3H2,1-2H3,(H,8,9,10);;. The Labute approximate surface area is 104 Å². The zero-order chi connectivity index (χ0) is 9.28. The summed E-state index contributed by atoms with van der Waals surface area (Å²) in [6.07, 6.45) is 0. The van der Waals surface area contributed by atoms with Crippen LogP contribution in [0, 0.1) is 0 Å². The van der Waals surface area contributed by atoms with Crippen molar-refractivity contribution in [1.29, 1.82) is 0 Å². The van der Waals surface area contributed by atoms with E-state index in [4.69, 9.17) is 28.1 Å². The van der Waals surface area contributed by atoms with Crippen LogP contribution in [-0.4, -0.2) is 57.8 Å². The predicted octanol–water partition coefficient (Wildman–Crippen LogP) is 0.614. The van der Waals surface area contributed by atoms with Crippen LogP contribution in [0.25, 0.3) is 0 Å². The number of hydrogen-bond acceptors (Lipinski definition) is 3. The van der Waals surface area contributed by atoms with Gasteiger partial charge in [-0.05, 0) is 37.4 Å². The van der Waals surface area contributed by atoms with E-state index in [1.54, 1.807) is 0 Å². The molecule has 0 aromatic heterocycles. The molecule has 1 N–H and O–H groups in total. The molecule has 0 unspecified atom stereocenters. The second-order valence-corrected chi connectivity index (χ2v) is 5.74. The van der Waals surface area contributed by atoms with Crippen LogP contribution in [0.15, 0.2) is 0 Å². The Balaban J connectivity index is 0. The molecular formula is C4H10Cl2NNaO3S. The first-order chi connectivity index (χ1) is 4.67. The second kappa shape index (κ2) is 5.36. The maximum absolute atomic E-state index is 10.6. The van der Waals surface area contributed by atoms with Gasteiger partial charge in [0.25, 0.3) is 10.1 Å². The van der Waals surface area contributed by atoms with Crippen LogP contribution in [0.4, 0.5) is 0 Å². The molecule has 0 aromatic carbocycles. The van der Waals surface area contributed by atoms with E-state index in [1.807, 2.05) is 0 Å². The van der Waals surface area contributed by atoms with Gasteiger partial charge in [-0.15, -0.1) is 3.94 Å². The van der Waals surface area contributed by atoms with Crippen molar-refractivity contribution in [1.82, 2.24) is 3.94 Å². The minimum absolute atomic E-state index is 0. The van der Waals surface area contributed by atoms with Crippen LogP contribution in [0.1, 0.15) is 13.8 Å². The molecule has 12 heavy (non-hydrogen) atoms. The summed E-state index contributed by atoms with van der Waals surface area (Å²) in [4.78, 5) is 0. The first-order valence-electron chi connectivity index (χ1n) is 2.73. The van der Waals surface area contributed by atoms with Gasteiger partial charge in [-0.3, -0.25) is 4.55 Å². The summed E-state index contributed by atoms with van der Waals surface area (Å²) in [6, 6.07) is 0. The molecule has 8 heteroatoms. The van der Waals surface area contributed by atoms with Gasteiger partial charge in [0, 0.05) is 0 Å². The van der Waals surface area contributed by atoms with Gasteiger partial charge in [-0.25, -0.2) is 0 Å². The molecule has 4 nitrogen and oxygen atoms in total. The average Bonchev–Trinajstić information content (AvgIpc) is 1.56. The Kier molecular flexibility index (Phi) is 7.10. The van der Waals surface area contributed by atoms with E-state index in [0.29, 0.717) is 3.94 Å². The summed E-state index contributed by atoms with van der Waals surface area (Å²) in [5, 5.41) is 0. The van der Waals surface area contributed by atoms with Crippen molar-refractivity contribution in [3.8, 4) is 0 Å². The van der Waals surface area contributed by atoms with Crippen molar-refractivity contribution in [2.24, 2.45) is 0 Å². The van der Waals surface area contributed by atoms with E-state index in [0.717, 1.165) is 0 Å². The molecule has 0 aliphatic heterocycles. The molecule has 70 valence electrons. The molecular weight excluding hydrogens is 236 g/mol. The molecule has 0 amide bonds. The Morgan fingerprint density at radius 2 is 1.75 bits per heavy atom. The normalized spacial score (nSPS) is 12.8. The Hall–Kier alpha value is 1.45. The van der Waals surface area contributed by atoms with E-state index < -0.39 is 14.9 Å². The summed E-state index contributed by atoms with van der Waals surface area (Å²) in [7, 11) is -4.11. The monoisotopic (exact) mass is 245 g/mol. The van der Waals surface area contributed by atoms with E-state index in [2.05, 4.69) is 0 Å². The van der Waals surface area contributed by atoms with E-state index in [9.17, 15) is 8.42 Å². The van der Waals surface area contributed by atoms with Gasteiger partial charge in [0.15, 0.2) is 0 Å². The van der Waals surface area contributed by atoms with Crippen molar-refractivity contribution in [3.05, 3.63) is 0 Å². The summed E-state index contributed by atoms with van der Waals surface area (Å²) < 4.78 is 29.1. The third kappa shape index (κ3) is 5.24. The quantitative estimate of drug-likeness (QED) is 0.450. The molecule has 0 aliphatic rings. The summed E-state index contributed by atoms with van der Waals surface area (Å²) in [5.41, 5.74) is 0. The van der Waals surface area contributed by atoms with Gasteiger partial charge in [0.2, 0.25) is 0 Å². The first kappa shape index (κ1) is 15.9. The average molecular weight is 246 g/mol. The van der Waals surface area contributed by atoms with Crippen molar-refractivity contribution in [2.75, 3.05) is 6.54 Å². The first-order valence-corrected chi connectivity index (χ1v) is 4.84. The van der Waals surface area contributed by atoms with Crippen molar-refractivity contribution >= 4 is 63.2 Å². The van der Waals surface area contributed by atoms with Gasteiger partial charge in [-0.1, -0.05) is 0 Å². The van der Waals surface area contributed by atoms with E-state index in [-0.39, 0.29) is 36.1 Å². The van der Waals surface area contributed by atoms with E-state index in [1.165, 1.54) is 13.8 Å². The summed E-state index contributed by atoms with van der Waals surface area (Å²) in [5.74, 6) is 0. The van der Waals surface area contributed by atoms with Crippen LogP contribution < -0.4 is 0 Å². The fraction of sp³-hybridized carbons (Fsp3) is 1.00. The summed E-state index contributed by atoms with van der Waals surface area (Å²) in [6.45, 7) is 2.48. The van der Waals surface area contributed by atoms with Crippen LogP contribution in [0.3, 0.4) is 0 Å². The van der Waals surface area contributed by atoms with Crippen LogP contribution >= 0.6 is 23.6 Å². The van der Waals surface area contributed by atoms with Gasteiger partial charge >= 0.3 is 29.6 Å². The van der Waals surface area contributed by atoms with Gasteiger partial charge < -0.3 is 0 Å². The van der Waals surface area contributed by atoms with Crippen LogP contribution in [-0.2, 0) is 10.1 Å². The molecule has 0 spiro atoms. The molecule has 0 radical (unpaired) electrons. The van der Waals surface area contributed by atoms with Crippen LogP contribution in [0.5, 0.6) is 0 Å². The fourth-order valence-electron chi connectivity index (χ4n) is 0.369. The number of halogens is 2. The molecule has 0 bridgehead atoms. The molecule has 0 saturated heterocycles. The molecule has 0 heterocycles. The van der Waals surface area contributed by atoms with Crippen molar-refractivity contribution in [3.63, 3.8) is 0 Å². The van der Waals surface area contributed by atoms with Gasteiger partial charge in [0.05, 0.1) is 6.54 Å². The van der Waals surface area contributed by atoms with Gasteiger partial charge in [0.1, 0.15) is 4.75 Å². The topological polar surface area (TPSA) is 57.6 Å². The maximum atomic E-state index is 10.6. The molecule has 0 saturated carbocycles. The van der Waals surface area contributed by atoms with E-state index >= 15 is 0 Å². The van der Waals surface area contributed by atoms with Crippen molar-refractivity contribution < 1.29 is 13.0 Å². The Morgan fingerprint density at radius 1 is 1.42 bits per heavy atom. The van der Waals surface area contributed by atoms with Crippen LogP contribution in [0.2, 0.25) is 0 Å². The SMILES string of the molecule is CC(C)(CN(Cl)Cl)S(=O)(=O)O.[NaH]. The van der Waals surface area contributed by atoms with Gasteiger partial charge in [-0.2, -0.15) is 8.42 Å². The third-order valence-electron chi connectivity index (χ3n) is 1.20. The number of rotatable bonds is 3. The summed E-state index contributed by atoms with van der Waals surface area (Å²) >= 11 is 10.4. The minimum atomic E-state index is -4.11. The molecule has 0 aromatic rings. The Morgan fingerprint density at radius 3 is 1.83 bits per heavy atom. The predicted molar refractivity (Wildman–Crippen MR) is 51.2 cm³/mol. The fourth-order valence-corrected chi connectivity index (χ4v) is 1.40. The Bertz CT molecular complexity index is 228. The third-order valence-corrected chi connectivity index (χ3v) is 2.96. The second-order valence-electron chi connectivity index (χ2n) is 2.70.